The highest BCUT2D eigenvalue weighted by Crippen LogP contribution is 2.38. The second-order valence-electron chi connectivity index (χ2n) is 7.36. The van der Waals surface area contributed by atoms with Crippen molar-refractivity contribution in [3.8, 4) is 0 Å². The number of nitrogens with one attached hydrogen (secondary N) is 1. The van der Waals surface area contributed by atoms with E-state index in [9.17, 15) is 16.8 Å². The van der Waals surface area contributed by atoms with E-state index in [1.165, 1.54) is 15.4 Å². The average molecular weight is 416 g/mol. The van der Waals surface area contributed by atoms with Gasteiger partial charge in [-0.15, -0.1) is 0 Å². The van der Waals surface area contributed by atoms with E-state index in [0.29, 0.717) is 0 Å². The third-order valence-electron chi connectivity index (χ3n) is 5.59. The van der Waals surface area contributed by atoms with Gasteiger partial charge in [-0.1, -0.05) is 24.3 Å². The Morgan fingerprint density at radius 2 is 1.93 bits per heavy atom. The van der Waals surface area contributed by atoms with Crippen LogP contribution in [0.2, 0.25) is 0 Å². The van der Waals surface area contributed by atoms with Crippen molar-refractivity contribution in [1.29, 1.82) is 0 Å². The van der Waals surface area contributed by atoms with Crippen molar-refractivity contribution in [3.63, 3.8) is 0 Å². The van der Waals surface area contributed by atoms with Crippen LogP contribution in [0, 0.1) is 0 Å². The lowest BCUT2D eigenvalue weighted by Crippen LogP contribution is -2.52. The molecule has 0 aromatic heterocycles. The maximum absolute atomic E-state index is 12.7. The van der Waals surface area contributed by atoms with Crippen LogP contribution in [0.3, 0.4) is 0 Å². The second-order valence-corrected chi connectivity index (χ2v) is 11.4. The lowest BCUT2D eigenvalue weighted by atomic mass is 9.85. The molecule has 7 nitrogen and oxygen atoms in total. The molecule has 1 aromatic carbocycles. The Labute approximate surface area is 162 Å². The van der Waals surface area contributed by atoms with E-state index in [1.807, 2.05) is 6.07 Å². The molecule has 0 spiro atoms. The zero-order valence-electron chi connectivity index (χ0n) is 16.0. The molecule has 0 unspecified atom stereocenters. The first-order valence-electron chi connectivity index (χ1n) is 9.47. The van der Waals surface area contributed by atoms with Crippen molar-refractivity contribution in [2.24, 2.45) is 0 Å². The Bertz CT molecular complexity index is 870. The zero-order valence-corrected chi connectivity index (χ0v) is 17.6. The van der Waals surface area contributed by atoms with Crippen LogP contribution in [0.25, 0.3) is 0 Å². The van der Waals surface area contributed by atoms with Crippen LogP contribution < -0.4 is 4.72 Å². The summed E-state index contributed by atoms with van der Waals surface area (Å²) < 4.78 is 52.0. The van der Waals surface area contributed by atoms with E-state index in [0.717, 1.165) is 38.6 Å². The minimum Gasteiger partial charge on any atom is -0.296 e. The maximum atomic E-state index is 12.7. The van der Waals surface area contributed by atoms with Crippen molar-refractivity contribution in [1.82, 2.24) is 13.9 Å². The quantitative estimate of drug-likeness (QED) is 0.716. The minimum atomic E-state index is -3.41. The number of piperidine rings is 1. The maximum Gasteiger partial charge on any atom is 0.214 e. The fourth-order valence-corrected chi connectivity index (χ4v) is 6.06. The number of benzene rings is 1. The van der Waals surface area contributed by atoms with Crippen LogP contribution >= 0.6 is 0 Å². The molecule has 1 N–H and O–H groups in total. The van der Waals surface area contributed by atoms with Crippen LogP contribution in [-0.2, 0) is 26.5 Å². The fraction of sp³-hybridized carbons (Fsp3) is 0.667. The second kappa shape index (κ2) is 8.16. The monoisotopic (exact) mass is 415 g/mol. The molecule has 2 atom stereocenters. The molecule has 0 aliphatic carbocycles. The summed E-state index contributed by atoms with van der Waals surface area (Å²) in [5.41, 5.74) is 2.65. The zero-order chi connectivity index (χ0) is 19.7. The third-order valence-corrected chi connectivity index (χ3v) is 8.25. The number of hydrogen-bond acceptors (Lipinski definition) is 5. The average Bonchev–Trinajstić information content (AvgIpc) is 2.64. The van der Waals surface area contributed by atoms with Crippen molar-refractivity contribution < 1.29 is 16.8 Å². The molecule has 1 aromatic rings. The Hall–Kier alpha value is -1.00. The van der Waals surface area contributed by atoms with E-state index in [4.69, 9.17) is 0 Å². The van der Waals surface area contributed by atoms with Gasteiger partial charge in [0.15, 0.2) is 0 Å². The normalized spacial score (nSPS) is 23.8. The summed E-state index contributed by atoms with van der Waals surface area (Å²) in [5, 5.41) is 0. The first kappa shape index (κ1) is 20.7. The van der Waals surface area contributed by atoms with Gasteiger partial charge < -0.3 is 0 Å². The lowest BCUT2D eigenvalue weighted by molar-refractivity contribution is 0.0911. The van der Waals surface area contributed by atoms with Gasteiger partial charge in [-0.3, -0.25) is 4.90 Å². The van der Waals surface area contributed by atoms with Gasteiger partial charge in [0.1, 0.15) is 0 Å². The van der Waals surface area contributed by atoms with Crippen LogP contribution in [0.5, 0.6) is 0 Å². The summed E-state index contributed by atoms with van der Waals surface area (Å²) in [6, 6.07) is 8.53. The van der Waals surface area contributed by atoms with Crippen LogP contribution in [0.4, 0.5) is 0 Å². The molecular formula is C18H29N3O4S2. The van der Waals surface area contributed by atoms with Crippen LogP contribution in [0.1, 0.15) is 36.9 Å². The van der Waals surface area contributed by atoms with E-state index in [2.05, 4.69) is 27.8 Å². The van der Waals surface area contributed by atoms with E-state index < -0.39 is 20.0 Å². The molecule has 0 radical (unpaired) electrons. The van der Waals surface area contributed by atoms with Crippen molar-refractivity contribution in [2.75, 3.05) is 38.2 Å². The van der Waals surface area contributed by atoms with Crippen LogP contribution in [0.15, 0.2) is 24.3 Å². The van der Waals surface area contributed by atoms with Crippen molar-refractivity contribution >= 4 is 20.0 Å². The van der Waals surface area contributed by atoms with Gasteiger partial charge in [-0.25, -0.2) is 21.6 Å². The highest BCUT2D eigenvalue weighted by Gasteiger charge is 2.38. The first-order chi connectivity index (χ1) is 12.7. The first-order valence-corrected chi connectivity index (χ1v) is 13.0. The fourth-order valence-electron chi connectivity index (χ4n) is 4.26. The summed E-state index contributed by atoms with van der Waals surface area (Å²) >= 11 is 0. The molecule has 3 rings (SSSR count). The molecule has 0 saturated carbocycles. The lowest BCUT2D eigenvalue weighted by Gasteiger charge is -2.46. The van der Waals surface area contributed by atoms with E-state index >= 15 is 0 Å². The molecule has 27 heavy (non-hydrogen) atoms. The predicted octanol–water partition coefficient (Wildman–Crippen LogP) is 0.949. The van der Waals surface area contributed by atoms with Gasteiger partial charge >= 0.3 is 0 Å². The summed E-state index contributed by atoms with van der Waals surface area (Å²) in [6.07, 6.45) is 3.64. The molecule has 0 amide bonds. The number of rotatable bonds is 7. The Morgan fingerprint density at radius 1 is 1.19 bits per heavy atom. The predicted molar refractivity (Wildman–Crippen MR) is 106 cm³/mol. The highest BCUT2D eigenvalue weighted by atomic mass is 32.2. The van der Waals surface area contributed by atoms with Gasteiger partial charge in [-0.2, -0.15) is 4.31 Å². The molecule has 2 aliphatic heterocycles. The molecule has 1 fully saturated rings. The largest absolute Gasteiger partial charge is 0.296 e. The Kier molecular flexibility index (Phi) is 6.27. The number of nitrogens with zero attached hydrogens (tertiary/aromatic N) is 2. The summed E-state index contributed by atoms with van der Waals surface area (Å²) in [6.45, 7) is 3.77. The molecule has 9 heteroatoms. The summed E-state index contributed by atoms with van der Waals surface area (Å²) in [7, 11) is -6.75. The molecule has 2 aliphatic rings. The number of fused-ring (bicyclic) bond motifs is 3. The van der Waals surface area contributed by atoms with Gasteiger partial charge in [0.25, 0.3) is 0 Å². The summed E-state index contributed by atoms with van der Waals surface area (Å²) in [4.78, 5) is 2.45. The summed E-state index contributed by atoms with van der Waals surface area (Å²) in [5.74, 6) is 0.0212. The molecule has 1 saturated heterocycles. The SMILES string of the molecule is CCS(=O)(=O)N(CCNS(C)(=O)=O)[C@@H]1CCN2CCc3ccccc3[C@@H]2C1. The van der Waals surface area contributed by atoms with Gasteiger partial charge in [-0.05, 0) is 37.3 Å². The standard InChI is InChI=1S/C18H29N3O4S2/c1-3-27(24,25)21(13-10-19-26(2,22)23)16-9-12-20-11-8-15-6-4-5-7-17(15)18(20)14-16/h4-7,16,18-19H,3,8-14H2,1-2H3/t16-,18+/m1/s1. The smallest absolute Gasteiger partial charge is 0.214 e. The van der Waals surface area contributed by atoms with Gasteiger partial charge in [0, 0.05) is 38.3 Å². The number of hydrogen-bond donors (Lipinski definition) is 1. The molecule has 0 bridgehead atoms. The topological polar surface area (TPSA) is 86.8 Å². The Balaban J connectivity index is 1.80. The van der Waals surface area contributed by atoms with E-state index in [1.54, 1.807) is 6.92 Å². The van der Waals surface area contributed by atoms with E-state index in [-0.39, 0.29) is 30.9 Å². The Morgan fingerprint density at radius 3 is 2.63 bits per heavy atom. The van der Waals surface area contributed by atoms with Gasteiger partial charge in [0.05, 0.1) is 12.0 Å². The van der Waals surface area contributed by atoms with Crippen molar-refractivity contribution in [3.05, 3.63) is 35.4 Å². The molecule has 2 heterocycles. The van der Waals surface area contributed by atoms with Gasteiger partial charge in [0.2, 0.25) is 20.0 Å². The third kappa shape index (κ3) is 4.89. The highest BCUT2D eigenvalue weighted by molar-refractivity contribution is 7.89. The molecular weight excluding hydrogens is 386 g/mol. The number of sulfonamides is 2. The van der Waals surface area contributed by atoms with Crippen LogP contribution in [-0.4, -0.2) is 70.3 Å². The minimum absolute atomic E-state index is 0.0212. The molecule has 152 valence electrons. The van der Waals surface area contributed by atoms with Crippen molar-refractivity contribution in [2.45, 2.75) is 38.3 Å².